The third-order valence-electron chi connectivity index (χ3n) is 2.09. The SMILES string of the molecule is C=C(CBr)CC(=C)Cc1ccccc1F. The van der Waals surface area contributed by atoms with Gasteiger partial charge in [-0.25, -0.2) is 4.39 Å². The fourth-order valence-corrected chi connectivity index (χ4v) is 1.57. The molecule has 15 heavy (non-hydrogen) atoms. The van der Waals surface area contributed by atoms with Crippen LogP contribution in [0.3, 0.4) is 0 Å². The smallest absolute Gasteiger partial charge is 0.126 e. The zero-order valence-electron chi connectivity index (χ0n) is 8.60. The van der Waals surface area contributed by atoms with Gasteiger partial charge < -0.3 is 0 Å². The first-order valence-electron chi connectivity index (χ1n) is 4.76. The number of hydrogen-bond acceptors (Lipinski definition) is 0. The highest BCUT2D eigenvalue weighted by atomic mass is 79.9. The highest BCUT2D eigenvalue weighted by Crippen LogP contribution is 2.16. The topological polar surface area (TPSA) is 0 Å². The zero-order valence-corrected chi connectivity index (χ0v) is 10.2. The minimum atomic E-state index is -0.164. The maximum absolute atomic E-state index is 13.3. The molecule has 1 aromatic rings. The molecule has 0 N–H and O–H groups in total. The molecular weight excluding hydrogens is 255 g/mol. The lowest BCUT2D eigenvalue weighted by Gasteiger charge is -2.07. The van der Waals surface area contributed by atoms with Crippen molar-refractivity contribution in [3.05, 3.63) is 60.0 Å². The zero-order chi connectivity index (χ0) is 11.3. The molecule has 2 heteroatoms. The largest absolute Gasteiger partial charge is 0.207 e. The molecule has 0 aliphatic rings. The van der Waals surface area contributed by atoms with Crippen LogP contribution in [0, 0.1) is 5.82 Å². The molecule has 0 saturated carbocycles. The number of hydrogen-bond donors (Lipinski definition) is 0. The molecular formula is C13H14BrF. The molecule has 0 radical (unpaired) electrons. The maximum Gasteiger partial charge on any atom is 0.126 e. The molecule has 0 heterocycles. The molecule has 0 saturated heterocycles. The second kappa shape index (κ2) is 5.86. The van der Waals surface area contributed by atoms with Gasteiger partial charge in [0.1, 0.15) is 5.82 Å². The van der Waals surface area contributed by atoms with E-state index in [1.54, 1.807) is 12.1 Å². The molecule has 0 bridgehead atoms. The average Bonchev–Trinajstić information content (AvgIpc) is 2.21. The molecule has 0 atom stereocenters. The Labute approximate surface area is 98.6 Å². The van der Waals surface area contributed by atoms with Gasteiger partial charge in [-0.3, -0.25) is 0 Å². The van der Waals surface area contributed by atoms with Crippen LogP contribution in [0.25, 0.3) is 0 Å². The quantitative estimate of drug-likeness (QED) is 0.553. The Hall–Kier alpha value is -0.890. The van der Waals surface area contributed by atoms with E-state index in [0.717, 1.165) is 22.9 Å². The van der Waals surface area contributed by atoms with Gasteiger partial charge >= 0.3 is 0 Å². The molecule has 0 unspecified atom stereocenters. The Morgan fingerprint density at radius 2 is 1.87 bits per heavy atom. The van der Waals surface area contributed by atoms with Crippen molar-refractivity contribution in [1.82, 2.24) is 0 Å². The summed E-state index contributed by atoms with van der Waals surface area (Å²) >= 11 is 3.33. The summed E-state index contributed by atoms with van der Waals surface area (Å²) in [7, 11) is 0. The van der Waals surface area contributed by atoms with Crippen LogP contribution in [-0.2, 0) is 6.42 Å². The highest BCUT2D eigenvalue weighted by Gasteiger charge is 2.03. The van der Waals surface area contributed by atoms with E-state index in [1.807, 2.05) is 6.07 Å². The standard InChI is InChI=1S/C13H14BrF/c1-10(7-11(2)9-14)8-12-5-3-4-6-13(12)15/h3-6H,1-2,7-9H2. The highest BCUT2D eigenvalue weighted by molar-refractivity contribution is 9.09. The predicted octanol–water partition coefficient (Wildman–Crippen LogP) is 4.27. The fraction of sp³-hybridized carbons (Fsp3) is 0.231. The van der Waals surface area contributed by atoms with Crippen molar-refractivity contribution in [3.63, 3.8) is 0 Å². The summed E-state index contributed by atoms with van der Waals surface area (Å²) < 4.78 is 13.3. The molecule has 0 fully saturated rings. The van der Waals surface area contributed by atoms with E-state index < -0.39 is 0 Å². The lowest BCUT2D eigenvalue weighted by molar-refractivity contribution is 0.613. The number of halogens is 2. The lowest BCUT2D eigenvalue weighted by Crippen LogP contribution is -1.95. The van der Waals surface area contributed by atoms with Gasteiger partial charge in [-0.15, -0.1) is 0 Å². The van der Waals surface area contributed by atoms with Crippen molar-refractivity contribution in [2.45, 2.75) is 12.8 Å². The summed E-state index contributed by atoms with van der Waals surface area (Å²) in [6.45, 7) is 7.81. The van der Waals surface area contributed by atoms with Gasteiger partial charge in [-0.1, -0.05) is 58.4 Å². The van der Waals surface area contributed by atoms with E-state index in [1.165, 1.54) is 6.07 Å². The monoisotopic (exact) mass is 268 g/mol. The summed E-state index contributed by atoms with van der Waals surface area (Å²) in [5, 5.41) is 0.767. The van der Waals surface area contributed by atoms with Crippen LogP contribution in [0.2, 0.25) is 0 Å². The van der Waals surface area contributed by atoms with Gasteiger partial charge in [0, 0.05) is 5.33 Å². The van der Waals surface area contributed by atoms with E-state index in [9.17, 15) is 4.39 Å². The first-order valence-corrected chi connectivity index (χ1v) is 5.88. The molecule has 0 nitrogen and oxygen atoms in total. The van der Waals surface area contributed by atoms with Crippen molar-refractivity contribution in [2.24, 2.45) is 0 Å². The third-order valence-corrected chi connectivity index (χ3v) is 2.88. The molecule has 0 amide bonds. The number of allylic oxidation sites excluding steroid dienone is 2. The van der Waals surface area contributed by atoms with Crippen LogP contribution in [0.4, 0.5) is 4.39 Å². The first-order chi connectivity index (χ1) is 7.13. The average molecular weight is 269 g/mol. The van der Waals surface area contributed by atoms with Gasteiger partial charge in [0.2, 0.25) is 0 Å². The molecule has 0 aliphatic carbocycles. The van der Waals surface area contributed by atoms with E-state index in [0.29, 0.717) is 12.0 Å². The molecule has 1 aromatic carbocycles. The first kappa shape index (κ1) is 12.2. The van der Waals surface area contributed by atoms with Crippen molar-refractivity contribution in [3.8, 4) is 0 Å². The Bertz CT molecular complexity index is 369. The fourth-order valence-electron chi connectivity index (χ4n) is 1.37. The van der Waals surface area contributed by atoms with Gasteiger partial charge in [0.05, 0.1) is 0 Å². The van der Waals surface area contributed by atoms with Crippen LogP contribution in [0.5, 0.6) is 0 Å². The van der Waals surface area contributed by atoms with Crippen molar-refractivity contribution >= 4 is 15.9 Å². The maximum atomic E-state index is 13.3. The Morgan fingerprint density at radius 3 is 2.47 bits per heavy atom. The molecule has 0 spiro atoms. The van der Waals surface area contributed by atoms with Gasteiger partial charge in [-0.05, 0) is 24.5 Å². The van der Waals surface area contributed by atoms with Crippen molar-refractivity contribution < 1.29 is 4.39 Å². The van der Waals surface area contributed by atoms with Gasteiger partial charge in [0.25, 0.3) is 0 Å². The minimum Gasteiger partial charge on any atom is -0.207 e. The summed E-state index contributed by atoms with van der Waals surface area (Å²) in [5.41, 5.74) is 2.76. The second-order valence-electron chi connectivity index (χ2n) is 3.58. The van der Waals surface area contributed by atoms with E-state index >= 15 is 0 Å². The summed E-state index contributed by atoms with van der Waals surface area (Å²) in [6, 6.07) is 6.79. The van der Waals surface area contributed by atoms with Crippen molar-refractivity contribution in [2.75, 3.05) is 5.33 Å². The molecule has 80 valence electrons. The van der Waals surface area contributed by atoms with E-state index in [-0.39, 0.29) is 5.82 Å². The predicted molar refractivity (Wildman–Crippen MR) is 66.8 cm³/mol. The Kier molecular flexibility index (Phi) is 4.76. The summed E-state index contributed by atoms with van der Waals surface area (Å²) in [5.74, 6) is -0.164. The van der Waals surface area contributed by atoms with E-state index in [4.69, 9.17) is 0 Å². The van der Waals surface area contributed by atoms with Gasteiger partial charge in [-0.2, -0.15) is 0 Å². The Balaban J connectivity index is 2.59. The molecule has 0 aromatic heterocycles. The molecule has 1 rings (SSSR count). The van der Waals surface area contributed by atoms with E-state index in [2.05, 4.69) is 29.1 Å². The lowest BCUT2D eigenvalue weighted by atomic mass is 10.0. The number of rotatable bonds is 5. The van der Waals surface area contributed by atoms with Crippen LogP contribution in [0.15, 0.2) is 48.6 Å². The summed E-state index contributed by atoms with van der Waals surface area (Å²) in [6.07, 6.45) is 1.33. The number of alkyl halides is 1. The van der Waals surface area contributed by atoms with Crippen LogP contribution < -0.4 is 0 Å². The summed E-state index contributed by atoms with van der Waals surface area (Å²) in [4.78, 5) is 0. The molecule has 0 aliphatic heterocycles. The number of benzene rings is 1. The van der Waals surface area contributed by atoms with Crippen LogP contribution in [0.1, 0.15) is 12.0 Å². The normalized spacial score (nSPS) is 10.0. The van der Waals surface area contributed by atoms with Gasteiger partial charge in [0.15, 0.2) is 0 Å². The minimum absolute atomic E-state index is 0.164. The Morgan fingerprint density at radius 1 is 1.20 bits per heavy atom. The van der Waals surface area contributed by atoms with Crippen LogP contribution in [-0.4, -0.2) is 5.33 Å². The second-order valence-corrected chi connectivity index (χ2v) is 4.14. The van der Waals surface area contributed by atoms with Crippen LogP contribution >= 0.6 is 15.9 Å². The third kappa shape index (κ3) is 4.00. The van der Waals surface area contributed by atoms with Crippen molar-refractivity contribution in [1.29, 1.82) is 0 Å².